The highest BCUT2D eigenvalue weighted by atomic mass is 35.5. The van der Waals surface area contributed by atoms with Crippen molar-refractivity contribution in [2.75, 3.05) is 16.8 Å². The third kappa shape index (κ3) is 8.35. The van der Waals surface area contributed by atoms with Crippen LogP contribution in [0.15, 0.2) is 120 Å². The van der Waals surface area contributed by atoms with Crippen molar-refractivity contribution in [2.24, 2.45) is 5.73 Å². The van der Waals surface area contributed by atoms with Gasteiger partial charge in [-0.1, -0.05) is 48.0 Å². The largest absolute Gasteiger partial charge is 0.382 e. The second-order valence-corrected chi connectivity index (χ2v) is 13.7. The van der Waals surface area contributed by atoms with E-state index >= 15 is 0 Å². The lowest BCUT2D eigenvalue weighted by Crippen LogP contribution is -2.27. The summed E-state index contributed by atoms with van der Waals surface area (Å²) in [5, 5.41) is 21.1. The maximum absolute atomic E-state index is 13.4. The summed E-state index contributed by atoms with van der Waals surface area (Å²) in [5.41, 5.74) is 23.6. The fourth-order valence-corrected chi connectivity index (χ4v) is 6.59. The average Bonchev–Trinajstić information content (AvgIpc) is 3.80. The SMILES string of the molecule is Cc1ccn2cc(C(C)N)n(-c3ccccc3)c(=O)c12.Cc1ccn2cc(C(C)Nc3ncnc(N)c3C#N)n(-c3ccccc3)c(=O)c12.N#Cc1c(N)ncnc1Cl. The minimum atomic E-state index is -0.351. The molecule has 0 fully saturated rings. The molecule has 0 aliphatic carbocycles. The van der Waals surface area contributed by atoms with Crippen molar-refractivity contribution >= 4 is 40.1 Å². The molecule has 296 valence electrons. The summed E-state index contributed by atoms with van der Waals surface area (Å²) in [6, 6.07) is 26.1. The summed E-state index contributed by atoms with van der Waals surface area (Å²) in [7, 11) is 0. The van der Waals surface area contributed by atoms with Crippen molar-refractivity contribution in [3.05, 3.63) is 170 Å². The number of rotatable bonds is 6. The number of hydrogen-bond donors (Lipinski definition) is 4. The van der Waals surface area contributed by atoms with Gasteiger partial charge in [0, 0.05) is 42.2 Å². The van der Waals surface area contributed by atoms with Gasteiger partial charge in [-0.3, -0.25) is 18.7 Å². The molecule has 17 heteroatoms. The zero-order chi connectivity index (χ0) is 42.4. The average molecular weight is 807 g/mol. The van der Waals surface area contributed by atoms with Crippen LogP contribution in [0, 0.1) is 36.5 Å². The molecule has 6 heterocycles. The molecule has 0 saturated carbocycles. The van der Waals surface area contributed by atoms with Crippen LogP contribution in [-0.4, -0.2) is 37.9 Å². The minimum Gasteiger partial charge on any atom is -0.382 e. The summed E-state index contributed by atoms with van der Waals surface area (Å²) in [6.07, 6.45) is 10.1. The highest BCUT2D eigenvalue weighted by Crippen LogP contribution is 2.25. The highest BCUT2D eigenvalue weighted by molar-refractivity contribution is 6.30. The van der Waals surface area contributed by atoms with Crippen molar-refractivity contribution in [2.45, 2.75) is 39.8 Å². The smallest absolute Gasteiger partial charge is 0.279 e. The van der Waals surface area contributed by atoms with Crippen molar-refractivity contribution < 1.29 is 0 Å². The summed E-state index contributed by atoms with van der Waals surface area (Å²) in [6.45, 7) is 7.64. The van der Waals surface area contributed by atoms with Crippen molar-refractivity contribution in [1.82, 2.24) is 37.9 Å². The number of para-hydroxylation sites is 2. The molecule has 2 unspecified atom stereocenters. The Morgan fingerprint density at radius 1 is 0.678 bits per heavy atom. The van der Waals surface area contributed by atoms with Crippen LogP contribution in [0.2, 0.25) is 5.15 Å². The molecule has 7 N–H and O–H groups in total. The Morgan fingerprint density at radius 3 is 1.59 bits per heavy atom. The minimum absolute atomic E-state index is 0.0338. The van der Waals surface area contributed by atoms with Gasteiger partial charge < -0.3 is 31.3 Å². The normalized spacial score (nSPS) is 11.7. The molecule has 8 aromatic rings. The van der Waals surface area contributed by atoms with Gasteiger partial charge in [0.1, 0.15) is 64.4 Å². The molecule has 0 aliphatic rings. The number of nitrogens with two attached hydrogens (primary N) is 3. The van der Waals surface area contributed by atoms with E-state index in [9.17, 15) is 14.9 Å². The number of fused-ring (bicyclic) bond motifs is 2. The number of benzene rings is 2. The molecule has 0 radical (unpaired) electrons. The van der Waals surface area contributed by atoms with Crippen molar-refractivity contribution in [1.29, 1.82) is 10.5 Å². The van der Waals surface area contributed by atoms with E-state index in [1.54, 1.807) is 15.2 Å². The summed E-state index contributed by atoms with van der Waals surface area (Å²) < 4.78 is 7.06. The first-order chi connectivity index (χ1) is 28.4. The molecular formula is C42H39ClN14O2. The Balaban J connectivity index is 0.000000168. The molecule has 0 spiro atoms. The summed E-state index contributed by atoms with van der Waals surface area (Å²) >= 11 is 5.48. The maximum Gasteiger partial charge on any atom is 0.279 e. The van der Waals surface area contributed by atoms with Gasteiger partial charge in [-0.15, -0.1) is 0 Å². The van der Waals surface area contributed by atoms with Crippen molar-refractivity contribution in [3.63, 3.8) is 0 Å². The Morgan fingerprint density at radius 2 is 1.14 bits per heavy atom. The Bertz CT molecular complexity index is 2970. The van der Waals surface area contributed by atoms with Crippen LogP contribution in [0.25, 0.3) is 22.4 Å². The molecule has 8 rings (SSSR count). The van der Waals surface area contributed by atoms with E-state index in [0.29, 0.717) is 22.5 Å². The lowest BCUT2D eigenvalue weighted by Gasteiger charge is -2.21. The first kappa shape index (κ1) is 40.9. The van der Waals surface area contributed by atoms with E-state index in [0.717, 1.165) is 28.2 Å². The maximum atomic E-state index is 13.4. The van der Waals surface area contributed by atoms with E-state index in [4.69, 9.17) is 34.1 Å². The number of aromatic nitrogens is 8. The second-order valence-electron chi connectivity index (χ2n) is 13.4. The zero-order valence-corrected chi connectivity index (χ0v) is 33.2. The fourth-order valence-electron chi connectivity index (χ4n) is 6.41. The van der Waals surface area contributed by atoms with E-state index in [2.05, 4.69) is 25.3 Å². The summed E-state index contributed by atoms with van der Waals surface area (Å²) in [5.74, 6) is 0.542. The molecule has 16 nitrogen and oxygen atoms in total. The van der Waals surface area contributed by atoms with Gasteiger partial charge in [0.15, 0.2) is 5.15 Å². The van der Waals surface area contributed by atoms with Crippen LogP contribution in [-0.2, 0) is 0 Å². The quantitative estimate of drug-likeness (QED) is 0.145. The zero-order valence-electron chi connectivity index (χ0n) is 32.4. The number of nitrogens with zero attached hydrogens (tertiary/aromatic N) is 10. The molecular weight excluding hydrogens is 768 g/mol. The predicted octanol–water partition coefficient (Wildman–Crippen LogP) is 5.82. The van der Waals surface area contributed by atoms with Gasteiger partial charge in [0.2, 0.25) is 0 Å². The number of nitriles is 2. The van der Waals surface area contributed by atoms with Gasteiger partial charge in [-0.05, 0) is 75.2 Å². The topological polar surface area (TPSA) is 242 Å². The van der Waals surface area contributed by atoms with E-state index in [1.807, 2.05) is 140 Å². The first-order valence-corrected chi connectivity index (χ1v) is 18.5. The van der Waals surface area contributed by atoms with Crippen LogP contribution >= 0.6 is 11.6 Å². The third-order valence-corrected chi connectivity index (χ3v) is 9.61. The van der Waals surface area contributed by atoms with Crippen molar-refractivity contribution in [3.8, 4) is 23.5 Å². The number of aryl methyl sites for hydroxylation is 2. The predicted molar refractivity (Wildman–Crippen MR) is 227 cm³/mol. The van der Waals surface area contributed by atoms with Crippen LogP contribution < -0.4 is 33.6 Å². The van der Waals surface area contributed by atoms with Gasteiger partial charge in [0.05, 0.1) is 17.4 Å². The molecule has 2 aromatic carbocycles. The highest BCUT2D eigenvalue weighted by Gasteiger charge is 2.20. The van der Waals surface area contributed by atoms with Gasteiger partial charge >= 0.3 is 0 Å². The lowest BCUT2D eigenvalue weighted by molar-refractivity contribution is 0.718. The van der Waals surface area contributed by atoms with Crippen LogP contribution in [0.3, 0.4) is 0 Å². The molecule has 2 atom stereocenters. The Labute approximate surface area is 343 Å². The summed E-state index contributed by atoms with van der Waals surface area (Å²) in [4.78, 5) is 41.3. The first-order valence-electron chi connectivity index (χ1n) is 18.1. The van der Waals surface area contributed by atoms with E-state index in [-0.39, 0.29) is 51.1 Å². The Hall–Kier alpha value is -7.79. The molecule has 0 bridgehead atoms. The molecule has 0 aliphatic heterocycles. The van der Waals surface area contributed by atoms with Crippen LogP contribution in [0.5, 0.6) is 0 Å². The number of anilines is 3. The lowest BCUT2D eigenvalue weighted by atomic mass is 10.2. The van der Waals surface area contributed by atoms with Gasteiger partial charge in [0.25, 0.3) is 11.1 Å². The number of hydrogen-bond acceptors (Lipinski definition) is 12. The van der Waals surface area contributed by atoms with E-state index < -0.39 is 0 Å². The standard InChI is InChI=1S/C21H19N7O.C16H17N3O.C5H3ClN4/c1-13-8-9-27-11-17(14(2)26-20-16(10-22)19(23)24-12-25-20)28(21(29)18(13)27)15-6-4-3-5-7-15;1-11-8-9-18-10-14(12(2)17)19(16(20)15(11)18)13-6-4-3-5-7-13;6-4-3(1-7)5(8)10-2-9-4/h3-9,11-12,14H,1-2H3,(H3,23,24,25,26);3-10,12H,17H2,1-2H3;2H,(H2,8,9,10). The molecule has 0 amide bonds. The third-order valence-electron chi connectivity index (χ3n) is 9.33. The van der Waals surface area contributed by atoms with Gasteiger partial charge in [-0.25, -0.2) is 19.9 Å². The molecule has 0 saturated heterocycles. The molecule has 59 heavy (non-hydrogen) atoms. The van der Waals surface area contributed by atoms with Gasteiger partial charge in [-0.2, -0.15) is 10.5 Å². The number of nitrogen functional groups attached to an aromatic ring is 2. The molecule has 6 aromatic heterocycles. The number of nitrogens with one attached hydrogen (secondary N) is 1. The second kappa shape index (κ2) is 17.6. The Kier molecular flexibility index (Phi) is 12.2. The van der Waals surface area contributed by atoms with Crippen LogP contribution in [0.4, 0.5) is 17.5 Å². The monoisotopic (exact) mass is 806 g/mol. The van der Waals surface area contributed by atoms with E-state index in [1.165, 1.54) is 12.7 Å². The van der Waals surface area contributed by atoms with Crippen LogP contribution in [0.1, 0.15) is 59.6 Å². The fraction of sp³-hybridized carbons (Fsp3) is 0.143. The number of halogens is 1.